The van der Waals surface area contributed by atoms with Gasteiger partial charge in [-0.15, -0.1) is 10.2 Å². The summed E-state index contributed by atoms with van der Waals surface area (Å²) in [5.41, 5.74) is 0.0713. The Morgan fingerprint density at radius 1 is 0.833 bits per heavy atom. The molecule has 0 fully saturated rings. The predicted molar refractivity (Wildman–Crippen MR) is 67.1 cm³/mol. The maximum Gasteiger partial charge on any atom is 0.169 e. The number of phenolic OH excluding ortho intramolecular Hbond substituents is 3. The van der Waals surface area contributed by atoms with Crippen molar-refractivity contribution >= 4 is 23.0 Å². The molecule has 0 saturated carbocycles. The second-order valence-electron chi connectivity index (χ2n) is 3.48. The summed E-state index contributed by atoms with van der Waals surface area (Å²) >= 11 is 5.75. The first-order valence-corrected chi connectivity index (χ1v) is 5.37. The molecule has 0 amide bonds. The van der Waals surface area contributed by atoms with Crippen molar-refractivity contribution in [3.8, 4) is 17.2 Å². The quantitative estimate of drug-likeness (QED) is 0.720. The zero-order valence-corrected chi connectivity index (χ0v) is 9.83. The van der Waals surface area contributed by atoms with Crippen LogP contribution >= 0.6 is 11.6 Å². The number of halogens is 1. The molecule has 0 aliphatic heterocycles. The molecule has 0 aliphatic carbocycles. The van der Waals surface area contributed by atoms with Crippen molar-refractivity contribution in [2.45, 2.75) is 0 Å². The number of benzene rings is 2. The minimum absolute atomic E-state index is 0.0723. The number of aromatic hydroxyl groups is 3. The standard InChI is InChI=1S/C12H9ClN2O3/c13-7-4-5-9(16)8(6-7)14-15-12-10(17)2-1-3-11(12)18/h1-6,16-18H. The van der Waals surface area contributed by atoms with Gasteiger partial charge in [0.05, 0.1) is 0 Å². The smallest absolute Gasteiger partial charge is 0.169 e. The molecule has 2 rings (SSSR count). The fourth-order valence-corrected chi connectivity index (χ4v) is 1.47. The van der Waals surface area contributed by atoms with Gasteiger partial charge in [0, 0.05) is 5.02 Å². The van der Waals surface area contributed by atoms with Crippen LogP contribution in [0.3, 0.4) is 0 Å². The highest BCUT2D eigenvalue weighted by atomic mass is 35.5. The first kappa shape index (κ1) is 12.2. The Bertz CT molecular complexity index is 594. The lowest BCUT2D eigenvalue weighted by atomic mass is 10.3. The molecule has 18 heavy (non-hydrogen) atoms. The van der Waals surface area contributed by atoms with Gasteiger partial charge in [0.2, 0.25) is 0 Å². The van der Waals surface area contributed by atoms with Crippen LogP contribution < -0.4 is 0 Å². The lowest BCUT2D eigenvalue weighted by molar-refractivity contribution is 0.452. The Balaban J connectivity index is 2.39. The van der Waals surface area contributed by atoms with Crippen LogP contribution in [0.25, 0.3) is 0 Å². The van der Waals surface area contributed by atoms with Crippen molar-refractivity contribution < 1.29 is 15.3 Å². The molecular formula is C12H9ClN2O3. The molecule has 0 spiro atoms. The fraction of sp³-hybridized carbons (Fsp3) is 0. The van der Waals surface area contributed by atoms with Crippen molar-refractivity contribution in [1.82, 2.24) is 0 Å². The molecule has 0 aromatic heterocycles. The molecule has 0 heterocycles. The van der Waals surface area contributed by atoms with Gasteiger partial charge in [-0.05, 0) is 30.3 Å². The zero-order valence-electron chi connectivity index (χ0n) is 9.08. The lowest BCUT2D eigenvalue weighted by Gasteiger charge is -2.01. The third-order valence-electron chi connectivity index (χ3n) is 2.19. The van der Waals surface area contributed by atoms with Crippen LogP contribution in [0.1, 0.15) is 0 Å². The van der Waals surface area contributed by atoms with Crippen molar-refractivity contribution in [3.05, 3.63) is 41.4 Å². The third-order valence-corrected chi connectivity index (χ3v) is 2.42. The second kappa shape index (κ2) is 4.93. The largest absolute Gasteiger partial charge is 0.506 e. The number of phenols is 3. The Hall–Kier alpha value is -2.27. The summed E-state index contributed by atoms with van der Waals surface area (Å²) in [7, 11) is 0. The molecule has 0 saturated heterocycles. The van der Waals surface area contributed by atoms with E-state index >= 15 is 0 Å². The van der Waals surface area contributed by atoms with E-state index in [4.69, 9.17) is 11.6 Å². The summed E-state index contributed by atoms with van der Waals surface area (Å²) in [6.45, 7) is 0. The van der Waals surface area contributed by atoms with E-state index in [9.17, 15) is 15.3 Å². The number of hydrogen-bond donors (Lipinski definition) is 3. The van der Waals surface area contributed by atoms with Gasteiger partial charge in [-0.25, -0.2) is 0 Å². The highest BCUT2D eigenvalue weighted by molar-refractivity contribution is 6.30. The summed E-state index contributed by atoms with van der Waals surface area (Å²) in [6.07, 6.45) is 0. The summed E-state index contributed by atoms with van der Waals surface area (Å²) in [5.74, 6) is -0.515. The van der Waals surface area contributed by atoms with Crippen molar-refractivity contribution in [1.29, 1.82) is 0 Å². The van der Waals surface area contributed by atoms with Gasteiger partial charge in [-0.2, -0.15) is 0 Å². The van der Waals surface area contributed by atoms with Gasteiger partial charge in [-0.3, -0.25) is 0 Å². The highest BCUT2D eigenvalue weighted by Gasteiger charge is 2.06. The van der Waals surface area contributed by atoms with E-state index in [1.807, 2.05) is 0 Å². The Morgan fingerprint density at radius 3 is 2.17 bits per heavy atom. The minimum atomic E-state index is -0.208. The molecule has 0 atom stereocenters. The third kappa shape index (κ3) is 2.52. The van der Waals surface area contributed by atoms with E-state index in [2.05, 4.69) is 10.2 Å². The predicted octanol–water partition coefficient (Wildman–Crippen LogP) is 3.87. The molecular weight excluding hydrogens is 256 g/mol. The van der Waals surface area contributed by atoms with Gasteiger partial charge in [0.25, 0.3) is 0 Å². The molecule has 0 radical (unpaired) electrons. The molecule has 2 aromatic carbocycles. The first-order valence-electron chi connectivity index (χ1n) is 4.99. The Morgan fingerprint density at radius 2 is 1.50 bits per heavy atom. The highest BCUT2D eigenvalue weighted by Crippen LogP contribution is 2.38. The summed E-state index contributed by atoms with van der Waals surface area (Å²) in [5, 5.41) is 36.3. The number of hydrogen-bond acceptors (Lipinski definition) is 5. The van der Waals surface area contributed by atoms with Crippen LogP contribution in [0.2, 0.25) is 5.02 Å². The number of rotatable bonds is 2. The van der Waals surface area contributed by atoms with Crippen LogP contribution in [0.5, 0.6) is 17.2 Å². The zero-order chi connectivity index (χ0) is 13.1. The van der Waals surface area contributed by atoms with E-state index in [1.165, 1.54) is 36.4 Å². The van der Waals surface area contributed by atoms with Crippen LogP contribution in [-0.4, -0.2) is 15.3 Å². The van der Waals surface area contributed by atoms with Crippen molar-refractivity contribution in [2.24, 2.45) is 10.2 Å². The Labute approximate surface area is 108 Å². The molecule has 0 bridgehead atoms. The first-order chi connectivity index (χ1) is 8.58. The average molecular weight is 265 g/mol. The van der Waals surface area contributed by atoms with Crippen LogP contribution in [0.4, 0.5) is 11.4 Å². The van der Waals surface area contributed by atoms with E-state index in [0.29, 0.717) is 5.02 Å². The summed E-state index contributed by atoms with van der Waals surface area (Å²) in [4.78, 5) is 0. The average Bonchev–Trinajstić information content (AvgIpc) is 2.33. The van der Waals surface area contributed by atoms with Gasteiger partial charge < -0.3 is 15.3 Å². The van der Waals surface area contributed by atoms with E-state index in [0.717, 1.165) is 0 Å². The fourth-order valence-electron chi connectivity index (χ4n) is 1.30. The molecule has 5 nitrogen and oxygen atoms in total. The monoisotopic (exact) mass is 264 g/mol. The van der Waals surface area contributed by atoms with Crippen LogP contribution in [0.15, 0.2) is 46.6 Å². The molecule has 92 valence electrons. The molecule has 3 N–H and O–H groups in total. The molecule has 2 aromatic rings. The number of azo groups is 1. The van der Waals surface area contributed by atoms with Crippen LogP contribution in [0, 0.1) is 0 Å². The number of nitrogens with zero attached hydrogens (tertiary/aromatic N) is 2. The van der Waals surface area contributed by atoms with Gasteiger partial charge >= 0.3 is 0 Å². The molecule has 0 unspecified atom stereocenters. The van der Waals surface area contributed by atoms with E-state index in [1.54, 1.807) is 0 Å². The van der Waals surface area contributed by atoms with Crippen molar-refractivity contribution in [3.63, 3.8) is 0 Å². The van der Waals surface area contributed by atoms with Gasteiger partial charge in [0.15, 0.2) is 5.69 Å². The molecule has 0 aliphatic rings. The van der Waals surface area contributed by atoms with Crippen molar-refractivity contribution in [2.75, 3.05) is 0 Å². The lowest BCUT2D eigenvalue weighted by Crippen LogP contribution is -1.71. The van der Waals surface area contributed by atoms with Gasteiger partial charge in [0.1, 0.15) is 22.9 Å². The van der Waals surface area contributed by atoms with Gasteiger partial charge in [-0.1, -0.05) is 17.7 Å². The molecule has 6 heteroatoms. The maximum absolute atomic E-state index is 9.51. The normalized spacial score (nSPS) is 10.9. The SMILES string of the molecule is Oc1ccc(Cl)cc1N=Nc1c(O)cccc1O. The second-order valence-corrected chi connectivity index (χ2v) is 3.91. The van der Waals surface area contributed by atoms with E-state index < -0.39 is 0 Å². The van der Waals surface area contributed by atoms with E-state index in [-0.39, 0.29) is 28.6 Å². The summed E-state index contributed by atoms with van der Waals surface area (Å²) < 4.78 is 0. The Kier molecular flexibility index (Phi) is 3.34. The topological polar surface area (TPSA) is 85.4 Å². The maximum atomic E-state index is 9.51. The van der Waals surface area contributed by atoms with Crippen LogP contribution in [-0.2, 0) is 0 Å². The minimum Gasteiger partial charge on any atom is -0.506 e. The summed E-state index contributed by atoms with van der Waals surface area (Å²) in [6, 6.07) is 8.50.